The van der Waals surface area contributed by atoms with Gasteiger partial charge in [0.15, 0.2) is 0 Å². The zero-order valence-electron chi connectivity index (χ0n) is 9.83. The fourth-order valence-corrected chi connectivity index (χ4v) is 2.57. The summed E-state index contributed by atoms with van der Waals surface area (Å²) in [6.45, 7) is 4.30. The van der Waals surface area contributed by atoms with Crippen molar-refractivity contribution >= 4 is 11.0 Å². The van der Waals surface area contributed by atoms with Gasteiger partial charge in [-0.3, -0.25) is 0 Å². The number of fused-ring (bicyclic) bond motifs is 1. The zero-order chi connectivity index (χ0) is 11.1. The van der Waals surface area contributed by atoms with Crippen LogP contribution in [0.1, 0.15) is 23.7 Å². The Morgan fingerprint density at radius 3 is 3.06 bits per heavy atom. The fourth-order valence-electron chi connectivity index (χ4n) is 2.57. The third kappa shape index (κ3) is 1.43. The van der Waals surface area contributed by atoms with E-state index >= 15 is 0 Å². The first-order chi connectivity index (χ1) is 7.75. The lowest BCUT2D eigenvalue weighted by atomic mass is 10.1. The molecule has 0 aliphatic carbocycles. The normalized spacial score (nSPS) is 20.8. The molecule has 1 unspecified atom stereocenters. The summed E-state index contributed by atoms with van der Waals surface area (Å²) in [6.07, 6.45) is 1.20. The SMILES string of the molecule is Cc1ccc2c(c1)nc(C1CCNC1)n2C. The van der Waals surface area contributed by atoms with E-state index in [1.807, 2.05) is 0 Å². The molecule has 0 radical (unpaired) electrons. The molecule has 1 aliphatic rings. The first-order valence-electron chi connectivity index (χ1n) is 5.89. The van der Waals surface area contributed by atoms with E-state index in [-0.39, 0.29) is 0 Å². The lowest BCUT2D eigenvalue weighted by Crippen LogP contribution is -2.11. The summed E-state index contributed by atoms with van der Waals surface area (Å²) < 4.78 is 2.24. The van der Waals surface area contributed by atoms with Gasteiger partial charge in [0.2, 0.25) is 0 Å². The van der Waals surface area contributed by atoms with E-state index in [0.717, 1.165) is 18.6 Å². The first kappa shape index (κ1) is 9.85. The molecular weight excluding hydrogens is 198 g/mol. The molecule has 1 atom stereocenters. The largest absolute Gasteiger partial charge is 0.331 e. The predicted molar refractivity (Wildman–Crippen MR) is 65.7 cm³/mol. The van der Waals surface area contributed by atoms with Crippen LogP contribution in [0.2, 0.25) is 0 Å². The van der Waals surface area contributed by atoms with Gasteiger partial charge in [-0.25, -0.2) is 4.98 Å². The van der Waals surface area contributed by atoms with E-state index in [1.54, 1.807) is 0 Å². The van der Waals surface area contributed by atoms with Crippen molar-refractivity contribution in [3.05, 3.63) is 29.6 Å². The maximum absolute atomic E-state index is 4.78. The van der Waals surface area contributed by atoms with Crippen LogP contribution >= 0.6 is 0 Å². The molecule has 2 aromatic rings. The Kier molecular flexibility index (Phi) is 2.21. The predicted octanol–water partition coefficient (Wildman–Crippen LogP) is 1.96. The standard InChI is InChI=1S/C13H17N3/c1-9-3-4-12-11(7-9)15-13(16(12)2)10-5-6-14-8-10/h3-4,7,10,14H,5-6,8H2,1-2H3. The van der Waals surface area contributed by atoms with Crippen molar-refractivity contribution in [2.24, 2.45) is 7.05 Å². The van der Waals surface area contributed by atoms with Gasteiger partial charge < -0.3 is 9.88 Å². The molecule has 0 bridgehead atoms. The second-order valence-electron chi connectivity index (χ2n) is 4.71. The van der Waals surface area contributed by atoms with Crippen LogP contribution in [0.15, 0.2) is 18.2 Å². The van der Waals surface area contributed by atoms with Crippen LogP contribution in [0.4, 0.5) is 0 Å². The summed E-state index contributed by atoms with van der Waals surface area (Å²) in [7, 11) is 2.12. The third-order valence-electron chi connectivity index (χ3n) is 3.50. The maximum Gasteiger partial charge on any atom is 0.114 e. The summed E-state index contributed by atoms with van der Waals surface area (Å²) in [5.41, 5.74) is 3.65. The number of nitrogens with zero attached hydrogens (tertiary/aromatic N) is 2. The summed E-state index contributed by atoms with van der Waals surface area (Å²) in [5, 5.41) is 3.40. The fraction of sp³-hybridized carbons (Fsp3) is 0.462. The van der Waals surface area contributed by atoms with Crippen LogP contribution in [-0.4, -0.2) is 22.6 Å². The highest BCUT2D eigenvalue weighted by atomic mass is 15.1. The van der Waals surface area contributed by atoms with Crippen molar-refractivity contribution in [1.29, 1.82) is 0 Å². The number of benzene rings is 1. The lowest BCUT2D eigenvalue weighted by molar-refractivity contribution is 0.667. The molecule has 1 N–H and O–H groups in total. The molecular formula is C13H17N3. The minimum atomic E-state index is 0.581. The van der Waals surface area contributed by atoms with Gasteiger partial charge in [-0.1, -0.05) is 6.07 Å². The van der Waals surface area contributed by atoms with Crippen LogP contribution < -0.4 is 5.32 Å². The quantitative estimate of drug-likeness (QED) is 0.788. The molecule has 0 amide bonds. The van der Waals surface area contributed by atoms with E-state index in [2.05, 4.69) is 42.1 Å². The molecule has 84 valence electrons. The molecule has 3 nitrogen and oxygen atoms in total. The monoisotopic (exact) mass is 215 g/mol. The molecule has 1 aromatic heterocycles. The summed E-state index contributed by atoms with van der Waals surface area (Å²) >= 11 is 0. The van der Waals surface area contributed by atoms with E-state index < -0.39 is 0 Å². The summed E-state index contributed by atoms with van der Waals surface area (Å²) in [5.74, 6) is 1.81. The van der Waals surface area contributed by atoms with E-state index in [4.69, 9.17) is 4.98 Å². The van der Waals surface area contributed by atoms with Crippen LogP contribution in [0, 0.1) is 6.92 Å². The molecule has 1 aromatic carbocycles. The Morgan fingerprint density at radius 1 is 1.44 bits per heavy atom. The Bertz CT molecular complexity index is 521. The number of hydrogen-bond donors (Lipinski definition) is 1. The summed E-state index contributed by atoms with van der Waals surface area (Å²) in [4.78, 5) is 4.78. The first-order valence-corrected chi connectivity index (χ1v) is 5.89. The highest BCUT2D eigenvalue weighted by Crippen LogP contribution is 2.25. The van der Waals surface area contributed by atoms with Crippen molar-refractivity contribution in [3.8, 4) is 0 Å². The van der Waals surface area contributed by atoms with Gasteiger partial charge in [0.05, 0.1) is 11.0 Å². The van der Waals surface area contributed by atoms with Crippen LogP contribution in [0.3, 0.4) is 0 Å². The van der Waals surface area contributed by atoms with Gasteiger partial charge in [-0.05, 0) is 37.6 Å². The number of aryl methyl sites for hydroxylation is 2. The molecule has 3 rings (SSSR count). The second kappa shape index (κ2) is 3.59. The molecule has 1 saturated heterocycles. The van der Waals surface area contributed by atoms with E-state index in [1.165, 1.54) is 23.3 Å². The molecule has 1 fully saturated rings. The number of hydrogen-bond acceptors (Lipinski definition) is 2. The summed E-state index contributed by atoms with van der Waals surface area (Å²) in [6, 6.07) is 6.49. The van der Waals surface area contributed by atoms with Gasteiger partial charge in [0.25, 0.3) is 0 Å². The Morgan fingerprint density at radius 2 is 2.31 bits per heavy atom. The number of nitrogens with one attached hydrogen (secondary N) is 1. The van der Waals surface area contributed by atoms with Gasteiger partial charge in [-0.15, -0.1) is 0 Å². The Hall–Kier alpha value is -1.35. The maximum atomic E-state index is 4.78. The van der Waals surface area contributed by atoms with Crippen LogP contribution in [-0.2, 0) is 7.05 Å². The average molecular weight is 215 g/mol. The molecule has 3 heteroatoms. The third-order valence-corrected chi connectivity index (χ3v) is 3.50. The minimum absolute atomic E-state index is 0.581. The van der Waals surface area contributed by atoms with Crippen molar-refractivity contribution in [2.45, 2.75) is 19.3 Å². The highest BCUT2D eigenvalue weighted by Gasteiger charge is 2.21. The van der Waals surface area contributed by atoms with Crippen molar-refractivity contribution in [1.82, 2.24) is 14.9 Å². The smallest absolute Gasteiger partial charge is 0.114 e. The van der Waals surface area contributed by atoms with Crippen LogP contribution in [0.25, 0.3) is 11.0 Å². The minimum Gasteiger partial charge on any atom is -0.331 e. The van der Waals surface area contributed by atoms with Crippen molar-refractivity contribution in [2.75, 3.05) is 13.1 Å². The van der Waals surface area contributed by atoms with Crippen molar-refractivity contribution < 1.29 is 0 Å². The van der Waals surface area contributed by atoms with Gasteiger partial charge >= 0.3 is 0 Å². The molecule has 1 aliphatic heterocycles. The zero-order valence-corrected chi connectivity index (χ0v) is 9.83. The Labute approximate surface area is 95.5 Å². The number of rotatable bonds is 1. The second-order valence-corrected chi connectivity index (χ2v) is 4.71. The lowest BCUT2D eigenvalue weighted by Gasteiger charge is -2.07. The molecule has 16 heavy (non-hydrogen) atoms. The molecule has 0 spiro atoms. The Balaban J connectivity index is 2.14. The van der Waals surface area contributed by atoms with Gasteiger partial charge in [-0.2, -0.15) is 0 Å². The van der Waals surface area contributed by atoms with Crippen molar-refractivity contribution in [3.63, 3.8) is 0 Å². The van der Waals surface area contributed by atoms with E-state index in [0.29, 0.717) is 5.92 Å². The van der Waals surface area contributed by atoms with Crippen LogP contribution in [0.5, 0.6) is 0 Å². The highest BCUT2D eigenvalue weighted by molar-refractivity contribution is 5.76. The molecule has 0 saturated carbocycles. The number of aromatic nitrogens is 2. The molecule has 2 heterocycles. The van der Waals surface area contributed by atoms with Gasteiger partial charge in [0, 0.05) is 19.5 Å². The van der Waals surface area contributed by atoms with Gasteiger partial charge in [0.1, 0.15) is 5.82 Å². The topological polar surface area (TPSA) is 29.9 Å². The number of imidazole rings is 1. The average Bonchev–Trinajstić information content (AvgIpc) is 2.86. The van der Waals surface area contributed by atoms with E-state index in [9.17, 15) is 0 Å².